The lowest BCUT2D eigenvalue weighted by Crippen LogP contribution is -2.28. The summed E-state index contributed by atoms with van der Waals surface area (Å²) >= 11 is 0. The Morgan fingerprint density at radius 3 is 2.19 bits per heavy atom. The van der Waals surface area contributed by atoms with Crippen LogP contribution in [0.1, 0.15) is 34.6 Å². The van der Waals surface area contributed by atoms with Crippen LogP contribution in [0, 0.1) is 16.7 Å². The van der Waals surface area contributed by atoms with Crippen molar-refractivity contribution in [2.75, 3.05) is 18.4 Å². The largest absolute Gasteiger partial charge is 0.384 e. The van der Waals surface area contributed by atoms with Crippen molar-refractivity contribution in [2.45, 2.75) is 39.5 Å². The Bertz CT molecular complexity index is 607. The Morgan fingerprint density at radius 1 is 1.10 bits per heavy atom. The summed E-state index contributed by atoms with van der Waals surface area (Å²) in [6.45, 7) is 11.9. The van der Waals surface area contributed by atoms with E-state index in [-0.39, 0.29) is 10.8 Å². The molecule has 4 nitrogen and oxygen atoms in total. The van der Waals surface area contributed by atoms with E-state index in [9.17, 15) is 8.42 Å². The average Bonchev–Trinajstić information content (AvgIpc) is 2.78. The van der Waals surface area contributed by atoms with Crippen LogP contribution in [0.25, 0.3) is 0 Å². The van der Waals surface area contributed by atoms with Crippen LogP contribution >= 0.6 is 0 Å². The number of benzene rings is 1. The van der Waals surface area contributed by atoms with Crippen LogP contribution in [0.4, 0.5) is 5.69 Å². The van der Waals surface area contributed by atoms with Gasteiger partial charge in [0.1, 0.15) is 4.90 Å². The van der Waals surface area contributed by atoms with Crippen LogP contribution in [0.5, 0.6) is 0 Å². The van der Waals surface area contributed by atoms with Gasteiger partial charge in [0, 0.05) is 13.1 Å². The summed E-state index contributed by atoms with van der Waals surface area (Å²) in [5.74, 6) is 0.367. The minimum Gasteiger partial charge on any atom is -0.384 e. The quantitative estimate of drug-likeness (QED) is 0.849. The summed E-state index contributed by atoms with van der Waals surface area (Å²) < 4.78 is 27.8. The Morgan fingerprint density at radius 2 is 1.67 bits per heavy atom. The third-order valence-corrected chi connectivity index (χ3v) is 6.82. The molecule has 0 aliphatic heterocycles. The van der Waals surface area contributed by atoms with Gasteiger partial charge in [0.25, 0.3) is 0 Å². The lowest BCUT2D eigenvalue weighted by Gasteiger charge is -2.12. The van der Waals surface area contributed by atoms with E-state index < -0.39 is 10.0 Å². The first-order valence-corrected chi connectivity index (χ1v) is 8.95. The number of nitrogens with one attached hydrogen (secondary N) is 2. The maximum absolute atomic E-state index is 12.5. The van der Waals surface area contributed by atoms with Gasteiger partial charge in [0.2, 0.25) is 10.0 Å². The fourth-order valence-electron chi connectivity index (χ4n) is 3.15. The third-order valence-electron chi connectivity index (χ3n) is 5.34. The highest BCUT2D eigenvalue weighted by Gasteiger charge is 2.64. The molecule has 1 aromatic carbocycles. The number of para-hydroxylation sites is 1. The smallest absolute Gasteiger partial charge is 0.242 e. The molecule has 0 saturated heterocycles. The molecule has 2 rings (SSSR count). The molecule has 0 atom stereocenters. The van der Waals surface area contributed by atoms with Crippen LogP contribution in [0.2, 0.25) is 0 Å². The first kappa shape index (κ1) is 16.3. The lowest BCUT2D eigenvalue weighted by molar-refractivity contribution is 0.457. The van der Waals surface area contributed by atoms with E-state index >= 15 is 0 Å². The van der Waals surface area contributed by atoms with Gasteiger partial charge in [-0.3, -0.25) is 0 Å². The van der Waals surface area contributed by atoms with Crippen molar-refractivity contribution in [1.82, 2.24) is 4.72 Å². The summed E-state index contributed by atoms with van der Waals surface area (Å²) in [5, 5.41) is 3.10. The first-order chi connectivity index (χ1) is 9.64. The molecule has 21 heavy (non-hydrogen) atoms. The lowest BCUT2D eigenvalue weighted by atomic mass is 10.0. The number of rotatable bonds is 6. The number of sulfonamides is 1. The molecule has 0 spiro atoms. The van der Waals surface area contributed by atoms with Crippen LogP contribution in [-0.4, -0.2) is 21.5 Å². The molecule has 0 unspecified atom stereocenters. The average molecular weight is 310 g/mol. The summed E-state index contributed by atoms with van der Waals surface area (Å²) in [7, 11) is -3.48. The molecule has 2 N–H and O–H groups in total. The topological polar surface area (TPSA) is 58.2 Å². The van der Waals surface area contributed by atoms with Gasteiger partial charge in [-0.1, -0.05) is 39.8 Å². The van der Waals surface area contributed by atoms with Crippen LogP contribution in [0.15, 0.2) is 29.2 Å². The number of hydrogen-bond acceptors (Lipinski definition) is 3. The molecule has 1 aromatic rings. The normalized spacial score (nSPS) is 20.2. The summed E-state index contributed by atoms with van der Waals surface area (Å²) in [4.78, 5) is 0.322. The molecule has 1 aliphatic rings. The molecular formula is C16H26N2O2S. The minimum atomic E-state index is -3.48. The Labute approximate surface area is 128 Å². The Kier molecular flexibility index (Phi) is 4.10. The second-order valence-electron chi connectivity index (χ2n) is 6.87. The zero-order valence-electron chi connectivity index (χ0n) is 13.5. The van der Waals surface area contributed by atoms with Crippen LogP contribution in [0.3, 0.4) is 0 Å². The monoisotopic (exact) mass is 310 g/mol. The molecule has 118 valence electrons. The zero-order chi connectivity index (χ0) is 15.9. The van der Waals surface area contributed by atoms with Crippen molar-refractivity contribution in [2.24, 2.45) is 16.7 Å². The summed E-state index contributed by atoms with van der Waals surface area (Å²) in [5.41, 5.74) is 1.01. The van der Waals surface area contributed by atoms with Crippen LogP contribution in [-0.2, 0) is 10.0 Å². The second-order valence-corrected chi connectivity index (χ2v) is 8.61. The van der Waals surface area contributed by atoms with E-state index in [4.69, 9.17) is 0 Å². The van der Waals surface area contributed by atoms with Crippen molar-refractivity contribution in [3.63, 3.8) is 0 Å². The van der Waals surface area contributed by atoms with E-state index in [0.717, 1.165) is 0 Å². The predicted molar refractivity (Wildman–Crippen MR) is 86.8 cm³/mol. The summed E-state index contributed by atoms with van der Waals surface area (Å²) in [6.07, 6.45) is 0. The predicted octanol–water partition coefficient (Wildman–Crippen LogP) is 3.08. The Hall–Kier alpha value is -1.07. The first-order valence-electron chi connectivity index (χ1n) is 7.47. The van der Waals surface area contributed by atoms with Crippen molar-refractivity contribution in [1.29, 1.82) is 0 Å². The highest BCUT2D eigenvalue weighted by Crippen LogP contribution is 2.67. The molecule has 0 radical (unpaired) electrons. The maximum Gasteiger partial charge on any atom is 0.242 e. The summed E-state index contributed by atoms with van der Waals surface area (Å²) in [6, 6.07) is 7.02. The molecule has 0 amide bonds. The van der Waals surface area contributed by atoms with Crippen molar-refractivity contribution < 1.29 is 8.42 Å². The molecule has 0 aromatic heterocycles. The molecular weight excluding hydrogens is 284 g/mol. The van der Waals surface area contributed by atoms with E-state index in [2.05, 4.69) is 37.7 Å². The van der Waals surface area contributed by atoms with E-state index in [1.807, 2.05) is 13.0 Å². The number of anilines is 1. The number of hydrogen-bond donors (Lipinski definition) is 2. The molecule has 1 fully saturated rings. The van der Waals surface area contributed by atoms with Gasteiger partial charge in [0.15, 0.2) is 0 Å². The van der Waals surface area contributed by atoms with Gasteiger partial charge >= 0.3 is 0 Å². The zero-order valence-corrected chi connectivity index (χ0v) is 14.3. The SMILES string of the molecule is CCNc1ccccc1S(=O)(=O)NCC1C(C)(C)C1(C)C. The van der Waals surface area contributed by atoms with Gasteiger partial charge in [-0.25, -0.2) is 13.1 Å². The van der Waals surface area contributed by atoms with Crippen molar-refractivity contribution in [3.05, 3.63) is 24.3 Å². The third kappa shape index (κ3) is 2.81. The van der Waals surface area contributed by atoms with Gasteiger partial charge in [-0.2, -0.15) is 0 Å². The standard InChI is InChI=1S/C16H26N2O2S/c1-6-17-12-9-7-8-10-13(12)21(19,20)18-11-14-15(2,3)16(14,4)5/h7-10,14,17-18H,6,11H2,1-5H3. The Balaban J connectivity index is 2.14. The minimum absolute atomic E-state index is 0.177. The van der Waals surface area contributed by atoms with Gasteiger partial charge < -0.3 is 5.32 Å². The van der Waals surface area contributed by atoms with Crippen LogP contribution < -0.4 is 10.0 Å². The van der Waals surface area contributed by atoms with E-state index in [1.54, 1.807) is 18.2 Å². The van der Waals surface area contributed by atoms with Gasteiger partial charge in [-0.05, 0) is 35.8 Å². The van der Waals surface area contributed by atoms with E-state index in [1.165, 1.54) is 0 Å². The van der Waals surface area contributed by atoms with Crippen molar-refractivity contribution >= 4 is 15.7 Å². The highest BCUT2D eigenvalue weighted by molar-refractivity contribution is 7.89. The molecule has 0 bridgehead atoms. The molecule has 1 aliphatic carbocycles. The fourth-order valence-corrected chi connectivity index (χ4v) is 4.38. The maximum atomic E-state index is 12.5. The van der Waals surface area contributed by atoms with Gasteiger partial charge in [0.05, 0.1) is 5.69 Å². The second kappa shape index (κ2) is 5.29. The van der Waals surface area contributed by atoms with Crippen molar-refractivity contribution in [3.8, 4) is 0 Å². The molecule has 1 saturated carbocycles. The highest BCUT2D eigenvalue weighted by atomic mass is 32.2. The fraction of sp³-hybridized carbons (Fsp3) is 0.625. The van der Waals surface area contributed by atoms with E-state index in [0.29, 0.717) is 29.6 Å². The molecule has 0 heterocycles. The molecule has 5 heteroatoms. The van der Waals surface area contributed by atoms with Gasteiger partial charge in [-0.15, -0.1) is 0 Å².